The molecule has 0 N–H and O–H groups in total. The molecule has 1 aliphatic heterocycles. The molecule has 1 amide bonds. The average Bonchev–Trinajstić information content (AvgIpc) is 3.50. The second-order valence-electron chi connectivity index (χ2n) is 10.8. The smallest absolute Gasteiger partial charge is 0.269 e. The molecule has 0 bridgehead atoms. The van der Waals surface area contributed by atoms with E-state index in [1.54, 1.807) is 11.0 Å². The SMILES string of the molecule is CC(C)(C)C(=O)/C=c1\s/c(=C\c2ccccc2OCc2ccccc2)c(=O)n1CC(=O)N1CCc2ccccc21. The van der Waals surface area contributed by atoms with E-state index in [1.165, 1.54) is 22.0 Å². The Morgan fingerprint density at radius 1 is 0.950 bits per heavy atom. The first kappa shape index (κ1) is 27.3. The van der Waals surface area contributed by atoms with E-state index in [-0.39, 0.29) is 23.8 Å². The summed E-state index contributed by atoms with van der Waals surface area (Å²) in [5.74, 6) is 0.354. The summed E-state index contributed by atoms with van der Waals surface area (Å²) in [4.78, 5) is 41.8. The standard InChI is InChI=1S/C33H32N2O4S/c1-33(2,3)29(36)20-31-35(21-30(37)34-18-17-24-13-7-9-15-26(24)34)32(38)28(40-31)19-25-14-8-10-16-27(25)39-22-23-11-5-4-6-12-23/h4-16,19-20H,17-18,21-22H2,1-3H3/b28-19-,31-20-. The maximum Gasteiger partial charge on any atom is 0.269 e. The van der Waals surface area contributed by atoms with Crippen LogP contribution >= 0.6 is 11.3 Å². The number of ether oxygens (including phenoxy) is 1. The predicted octanol–water partition coefficient (Wildman–Crippen LogP) is 4.30. The van der Waals surface area contributed by atoms with E-state index in [0.717, 1.165) is 28.8 Å². The minimum absolute atomic E-state index is 0.111. The summed E-state index contributed by atoms with van der Waals surface area (Å²) >= 11 is 1.21. The Kier molecular flexibility index (Phi) is 7.85. The number of carbonyl (C=O) groups is 2. The highest BCUT2D eigenvalue weighted by atomic mass is 32.1. The van der Waals surface area contributed by atoms with E-state index in [9.17, 15) is 14.4 Å². The summed E-state index contributed by atoms with van der Waals surface area (Å²) in [6.45, 7) is 6.32. The molecule has 1 aliphatic rings. The minimum Gasteiger partial charge on any atom is -0.488 e. The van der Waals surface area contributed by atoms with Crippen molar-refractivity contribution < 1.29 is 14.3 Å². The second-order valence-corrected chi connectivity index (χ2v) is 11.9. The molecule has 40 heavy (non-hydrogen) atoms. The van der Waals surface area contributed by atoms with Gasteiger partial charge < -0.3 is 9.64 Å². The van der Waals surface area contributed by atoms with Gasteiger partial charge in [-0.25, -0.2) is 0 Å². The van der Waals surface area contributed by atoms with Gasteiger partial charge in [-0.05, 0) is 35.8 Å². The van der Waals surface area contributed by atoms with Crippen LogP contribution in [0.2, 0.25) is 0 Å². The molecule has 0 aliphatic carbocycles. The van der Waals surface area contributed by atoms with E-state index < -0.39 is 5.41 Å². The second kappa shape index (κ2) is 11.5. The lowest BCUT2D eigenvalue weighted by Gasteiger charge is -2.17. The number of fused-ring (bicyclic) bond motifs is 1. The van der Waals surface area contributed by atoms with Crippen molar-refractivity contribution in [3.8, 4) is 5.75 Å². The lowest BCUT2D eigenvalue weighted by atomic mass is 9.91. The normalized spacial score (nSPS) is 13.9. The highest BCUT2D eigenvalue weighted by Gasteiger charge is 2.25. The van der Waals surface area contributed by atoms with Gasteiger partial charge in [-0.15, -0.1) is 11.3 Å². The van der Waals surface area contributed by atoms with E-state index in [0.29, 0.717) is 28.1 Å². The summed E-state index contributed by atoms with van der Waals surface area (Å²) in [7, 11) is 0. The van der Waals surface area contributed by atoms with E-state index in [4.69, 9.17) is 4.74 Å². The third kappa shape index (κ3) is 6.00. The van der Waals surface area contributed by atoms with E-state index in [2.05, 4.69) is 0 Å². The molecule has 6 nitrogen and oxygen atoms in total. The molecule has 0 spiro atoms. The lowest BCUT2D eigenvalue weighted by molar-refractivity contribution is -0.120. The quantitative estimate of drug-likeness (QED) is 0.343. The number of Topliss-reactive ketones (excluding diaryl/α,β-unsaturated/α-hetero) is 1. The zero-order valence-electron chi connectivity index (χ0n) is 22.9. The number of thiazole rings is 1. The lowest BCUT2D eigenvalue weighted by Crippen LogP contribution is -2.40. The summed E-state index contributed by atoms with van der Waals surface area (Å²) in [6.07, 6.45) is 4.05. The Balaban J connectivity index is 1.53. The van der Waals surface area contributed by atoms with Crippen molar-refractivity contribution in [3.63, 3.8) is 0 Å². The fraction of sp³-hybridized carbons (Fsp3) is 0.242. The summed E-state index contributed by atoms with van der Waals surface area (Å²) in [6, 6.07) is 25.2. The molecule has 3 aromatic carbocycles. The Bertz CT molecular complexity index is 1730. The van der Waals surface area contributed by atoms with Crippen molar-refractivity contribution >= 4 is 40.9 Å². The largest absolute Gasteiger partial charge is 0.488 e. The summed E-state index contributed by atoms with van der Waals surface area (Å²) in [5, 5.41) is 0. The van der Waals surface area contributed by atoms with Crippen molar-refractivity contribution in [3.05, 3.63) is 115 Å². The van der Waals surface area contributed by atoms with Gasteiger partial charge in [0.15, 0.2) is 5.78 Å². The van der Waals surface area contributed by atoms with Crippen LogP contribution in [0, 0.1) is 5.41 Å². The van der Waals surface area contributed by atoms with Gasteiger partial charge in [0.2, 0.25) is 5.91 Å². The molecule has 0 fully saturated rings. The van der Waals surface area contributed by atoms with Crippen molar-refractivity contribution in [1.29, 1.82) is 0 Å². The number of anilines is 1. The zero-order chi connectivity index (χ0) is 28.3. The molecule has 204 valence electrons. The van der Waals surface area contributed by atoms with Crippen LogP contribution in [0.15, 0.2) is 83.7 Å². The third-order valence-corrected chi connectivity index (χ3v) is 7.91. The Morgan fingerprint density at radius 3 is 2.42 bits per heavy atom. The highest BCUT2D eigenvalue weighted by molar-refractivity contribution is 7.07. The molecule has 5 rings (SSSR count). The fourth-order valence-electron chi connectivity index (χ4n) is 4.55. The number of hydrogen-bond donors (Lipinski definition) is 0. The average molecular weight is 553 g/mol. The van der Waals surface area contributed by atoms with E-state index >= 15 is 0 Å². The van der Waals surface area contributed by atoms with Gasteiger partial charge in [0.1, 0.15) is 23.6 Å². The number of aromatic nitrogens is 1. The summed E-state index contributed by atoms with van der Waals surface area (Å²) < 4.78 is 8.40. The van der Waals surface area contributed by atoms with E-state index in [1.807, 2.05) is 99.6 Å². The predicted molar refractivity (Wildman–Crippen MR) is 160 cm³/mol. The van der Waals surface area contributed by atoms with Crippen LogP contribution in [-0.4, -0.2) is 22.8 Å². The first-order chi connectivity index (χ1) is 19.2. The first-order valence-corrected chi connectivity index (χ1v) is 14.1. The van der Waals surface area contributed by atoms with Crippen molar-refractivity contribution in [1.82, 2.24) is 4.57 Å². The van der Waals surface area contributed by atoms with Crippen LogP contribution in [0.4, 0.5) is 5.69 Å². The Morgan fingerprint density at radius 2 is 1.65 bits per heavy atom. The molecule has 4 aromatic rings. The zero-order valence-corrected chi connectivity index (χ0v) is 23.7. The van der Waals surface area contributed by atoms with Crippen LogP contribution in [0.25, 0.3) is 12.2 Å². The van der Waals surface area contributed by atoms with Gasteiger partial charge in [0.05, 0.1) is 4.53 Å². The number of hydrogen-bond acceptors (Lipinski definition) is 5. The third-order valence-electron chi connectivity index (χ3n) is 6.85. The van der Waals surface area contributed by atoms with Crippen LogP contribution < -0.4 is 24.4 Å². The highest BCUT2D eigenvalue weighted by Crippen LogP contribution is 2.27. The number of benzene rings is 3. The van der Waals surface area contributed by atoms with Crippen LogP contribution in [-0.2, 0) is 29.2 Å². The molecule has 0 unspecified atom stereocenters. The molecule has 0 radical (unpaired) electrons. The van der Waals surface area contributed by atoms with Crippen molar-refractivity contribution in [2.45, 2.75) is 40.3 Å². The number of nitrogens with zero attached hydrogens (tertiary/aromatic N) is 2. The molecule has 7 heteroatoms. The van der Waals surface area contributed by atoms with Crippen molar-refractivity contribution in [2.24, 2.45) is 5.41 Å². The van der Waals surface area contributed by atoms with Crippen LogP contribution in [0.3, 0.4) is 0 Å². The molecule has 0 saturated heterocycles. The molecule has 0 saturated carbocycles. The van der Waals surface area contributed by atoms with Gasteiger partial charge >= 0.3 is 0 Å². The molecular formula is C33H32N2O4S. The maximum atomic E-state index is 13.7. The molecule has 2 heterocycles. The van der Waals surface area contributed by atoms with Gasteiger partial charge in [-0.3, -0.25) is 19.0 Å². The maximum absolute atomic E-state index is 13.7. The minimum atomic E-state index is -0.621. The molecule has 0 atom stereocenters. The number of para-hydroxylation sites is 2. The van der Waals surface area contributed by atoms with Gasteiger partial charge in [-0.2, -0.15) is 0 Å². The Labute approximate surface area is 237 Å². The number of carbonyl (C=O) groups excluding carboxylic acids is 2. The van der Waals surface area contributed by atoms with Crippen LogP contribution in [0.1, 0.15) is 37.5 Å². The molecular weight excluding hydrogens is 520 g/mol. The number of ketones is 1. The fourth-order valence-corrected chi connectivity index (χ4v) is 5.58. The number of amides is 1. The monoisotopic (exact) mass is 552 g/mol. The van der Waals surface area contributed by atoms with Crippen molar-refractivity contribution in [2.75, 3.05) is 11.4 Å². The number of rotatable bonds is 7. The van der Waals surface area contributed by atoms with Crippen LogP contribution in [0.5, 0.6) is 5.75 Å². The van der Waals surface area contributed by atoms with Gasteiger partial charge in [-0.1, -0.05) is 87.5 Å². The summed E-state index contributed by atoms with van der Waals surface area (Å²) in [5.41, 5.74) is 2.85. The first-order valence-electron chi connectivity index (χ1n) is 13.3. The van der Waals surface area contributed by atoms with Gasteiger partial charge in [0.25, 0.3) is 5.56 Å². The van der Waals surface area contributed by atoms with Gasteiger partial charge in [0, 0.05) is 29.3 Å². The molecule has 1 aromatic heterocycles. The topological polar surface area (TPSA) is 68.6 Å². The Hall–Kier alpha value is -4.23.